The van der Waals surface area contributed by atoms with Gasteiger partial charge in [0.05, 0.1) is 11.4 Å². The lowest BCUT2D eigenvalue weighted by molar-refractivity contribution is -0.136. The van der Waals surface area contributed by atoms with Gasteiger partial charge in [-0.3, -0.25) is 10.2 Å². The summed E-state index contributed by atoms with van der Waals surface area (Å²) in [4.78, 5) is 14.0. The standard InChI is InChI=1S/C25H22N2O3/c26-25(23-15-19-5-1-2-7-22(19)27-23)20-6-3-4-18(14-20)16-30-21-11-8-17(9-12-21)10-13-24(28)29/h1-9,11-12,14-15,26-27H,10,13,16H2,(H,28,29). The quantitative estimate of drug-likeness (QED) is 0.357. The van der Waals surface area contributed by atoms with Crippen molar-refractivity contribution in [3.8, 4) is 5.75 Å². The molecule has 0 unspecified atom stereocenters. The van der Waals surface area contributed by atoms with Crippen molar-refractivity contribution < 1.29 is 14.6 Å². The van der Waals surface area contributed by atoms with Crippen LogP contribution >= 0.6 is 0 Å². The van der Waals surface area contributed by atoms with Crippen LogP contribution < -0.4 is 4.74 Å². The normalized spacial score (nSPS) is 10.8. The summed E-state index contributed by atoms with van der Waals surface area (Å²) >= 11 is 0. The Labute approximate surface area is 174 Å². The lowest BCUT2D eigenvalue weighted by atomic mass is 10.0. The molecule has 5 heteroatoms. The van der Waals surface area contributed by atoms with Crippen LogP contribution in [0.5, 0.6) is 5.75 Å². The zero-order chi connectivity index (χ0) is 20.9. The maximum absolute atomic E-state index is 10.7. The van der Waals surface area contributed by atoms with Crippen LogP contribution in [0.2, 0.25) is 0 Å². The number of aliphatic carboxylic acids is 1. The lowest BCUT2D eigenvalue weighted by Gasteiger charge is -2.09. The van der Waals surface area contributed by atoms with Crippen molar-refractivity contribution in [1.82, 2.24) is 4.98 Å². The number of para-hydroxylation sites is 1. The van der Waals surface area contributed by atoms with Gasteiger partial charge in [-0.15, -0.1) is 0 Å². The highest BCUT2D eigenvalue weighted by Gasteiger charge is 2.09. The van der Waals surface area contributed by atoms with E-state index in [-0.39, 0.29) is 6.42 Å². The number of ether oxygens (including phenoxy) is 1. The number of aromatic nitrogens is 1. The molecule has 0 fully saturated rings. The summed E-state index contributed by atoms with van der Waals surface area (Å²) in [6, 6.07) is 25.3. The predicted octanol–water partition coefficient (Wildman–Crippen LogP) is 5.18. The smallest absolute Gasteiger partial charge is 0.303 e. The van der Waals surface area contributed by atoms with Gasteiger partial charge in [0.1, 0.15) is 12.4 Å². The van der Waals surface area contributed by atoms with E-state index in [4.69, 9.17) is 15.3 Å². The van der Waals surface area contributed by atoms with Crippen molar-refractivity contribution in [2.45, 2.75) is 19.4 Å². The van der Waals surface area contributed by atoms with Crippen molar-refractivity contribution in [3.05, 3.63) is 101 Å². The van der Waals surface area contributed by atoms with Gasteiger partial charge in [-0.2, -0.15) is 0 Å². The summed E-state index contributed by atoms with van der Waals surface area (Å²) in [5.74, 6) is -0.0709. The Morgan fingerprint density at radius 3 is 2.50 bits per heavy atom. The highest BCUT2D eigenvalue weighted by molar-refractivity contribution is 6.11. The summed E-state index contributed by atoms with van der Waals surface area (Å²) in [5.41, 5.74) is 5.01. The van der Waals surface area contributed by atoms with Crippen LogP contribution in [0.3, 0.4) is 0 Å². The number of hydrogen-bond acceptors (Lipinski definition) is 3. The molecule has 5 nitrogen and oxygen atoms in total. The fourth-order valence-electron chi connectivity index (χ4n) is 3.35. The molecule has 0 saturated carbocycles. The molecule has 0 amide bonds. The molecular formula is C25H22N2O3. The lowest BCUT2D eigenvalue weighted by Crippen LogP contribution is -2.03. The highest BCUT2D eigenvalue weighted by Crippen LogP contribution is 2.19. The minimum Gasteiger partial charge on any atom is -0.489 e. The summed E-state index contributed by atoms with van der Waals surface area (Å²) in [5, 5.41) is 18.4. The first kappa shape index (κ1) is 19.5. The number of aryl methyl sites for hydroxylation is 1. The number of rotatable bonds is 8. The Hall–Kier alpha value is -3.86. The van der Waals surface area contributed by atoms with Gasteiger partial charge in [-0.25, -0.2) is 0 Å². The van der Waals surface area contributed by atoms with Gasteiger partial charge < -0.3 is 14.8 Å². The third kappa shape index (κ3) is 4.58. The van der Waals surface area contributed by atoms with Crippen molar-refractivity contribution >= 4 is 22.6 Å². The third-order valence-corrected chi connectivity index (χ3v) is 4.97. The molecule has 150 valence electrons. The summed E-state index contributed by atoms with van der Waals surface area (Å²) in [6.45, 7) is 0.391. The summed E-state index contributed by atoms with van der Waals surface area (Å²) in [7, 11) is 0. The second-order valence-electron chi connectivity index (χ2n) is 7.17. The van der Waals surface area contributed by atoms with Crippen molar-refractivity contribution in [2.75, 3.05) is 0 Å². The first-order valence-electron chi connectivity index (χ1n) is 9.78. The zero-order valence-electron chi connectivity index (χ0n) is 16.4. The van der Waals surface area contributed by atoms with Gasteiger partial charge in [-0.1, -0.05) is 48.5 Å². The molecule has 1 aromatic heterocycles. The number of carboxylic acids is 1. The maximum Gasteiger partial charge on any atom is 0.303 e. The van der Waals surface area contributed by atoms with E-state index in [2.05, 4.69) is 4.98 Å². The van der Waals surface area contributed by atoms with Gasteiger partial charge in [0, 0.05) is 22.9 Å². The van der Waals surface area contributed by atoms with Gasteiger partial charge in [-0.05, 0) is 47.9 Å². The molecule has 0 spiro atoms. The Bertz CT molecular complexity index is 1160. The number of hydrogen-bond donors (Lipinski definition) is 3. The Kier molecular flexibility index (Phi) is 5.61. The second kappa shape index (κ2) is 8.66. The number of carboxylic acid groups (broad SMARTS) is 1. The van der Waals surface area contributed by atoms with Crippen LogP contribution in [-0.2, 0) is 17.8 Å². The third-order valence-electron chi connectivity index (χ3n) is 4.97. The molecule has 0 saturated heterocycles. The summed E-state index contributed by atoms with van der Waals surface area (Å²) < 4.78 is 5.87. The molecule has 3 aromatic carbocycles. The Morgan fingerprint density at radius 2 is 1.73 bits per heavy atom. The number of H-pyrrole nitrogens is 1. The van der Waals surface area contributed by atoms with E-state index in [0.717, 1.165) is 39.0 Å². The zero-order valence-corrected chi connectivity index (χ0v) is 16.4. The largest absolute Gasteiger partial charge is 0.489 e. The monoisotopic (exact) mass is 398 g/mol. The van der Waals surface area contributed by atoms with E-state index < -0.39 is 5.97 Å². The van der Waals surface area contributed by atoms with Crippen LogP contribution in [0, 0.1) is 5.41 Å². The summed E-state index contributed by atoms with van der Waals surface area (Å²) in [6.07, 6.45) is 0.628. The van der Waals surface area contributed by atoms with Crippen LogP contribution in [0.25, 0.3) is 10.9 Å². The first-order valence-corrected chi connectivity index (χ1v) is 9.78. The number of carbonyl (C=O) groups is 1. The molecule has 3 N–H and O–H groups in total. The number of benzene rings is 3. The average molecular weight is 398 g/mol. The SMILES string of the molecule is N=C(c1cccc(COc2ccc(CCC(=O)O)cc2)c1)c1cc2ccccc2[nH]1. The van der Waals surface area contributed by atoms with E-state index in [0.29, 0.717) is 18.7 Å². The minimum absolute atomic E-state index is 0.120. The van der Waals surface area contributed by atoms with Crippen LogP contribution in [-0.4, -0.2) is 21.8 Å². The number of nitrogens with one attached hydrogen (secondary N) is 2. The van der Waals surface area contributed by atoms with Gasteiger partial charge in [0.2, 0.25) is 0 Å². The minimum atomic E-state index is -0.798. The van der Waals surface area contributed by atoms with Gasteiger partial charge >= 0.3 is 5.97 Å². The fourth-order valence-corrected chi connectivity index (χ4v) is 3.35. The van der Waals surface area contributed by atoms with E-state index in [1.54, 1.807) is 0 Å². The Morgan fingerprint density at radius 1 is 0.933 bits per heavy atom. The molecule has 4 rings (SSSR count). The molecule has 1 heterocycles. The fraction of sp³-hybridized carbons (Fsp3) is 0.120. The van der Waals surface area contributed by atoms with Crippen molar-refractivity contribution in [3.63, 3.8) is 0 Å². The van der Waals surface area contributed by atoms with Crippen molar-refractivity contribution in [1.29, 1.82) is 5.41 Å². The molecule has 0 aliphatic rings. The van der Waals surface area contributed by atoms with E-state index in [1.807, 2.05) is 78.9 Å². The topological polar surface area (TPSA) is 86.2 Å². The van der Waals surface area contributed by atoms with Crippen LogP contribution in [0.15, 0.2) is 78.9 Å². The molecular weight excluding hydrogens is 376 g/mol. The molecule has 0 radical (unpaired) electrons. The number of fused-ring (bicyclic) bond motifs is 1. The average Bonchev–Trinajstić information content (AvgIpc) is 3.21. The molecule has 4 aromatic rings. The maximum atomic E-state index is 10.7. The van der Waals surface area contributed by atoms with E-state index in [1.165, 1.54) is 0 Å². The van der Waals surface area contributed by atoms with Crippen LogP contribution in [0.4, 0.5) is 0 Å². The highest BCUT2D eigenvalue weighted by atomic mass is 16.5. The Balaban J connectivity index is 1.42. The molecule has 0 atom stereocenters. The first-order chi connectivity index (χ1) is 14.6. The molecule has 0 aliphatic carbocycles. The van der Waals surface area contributed by atoms with Gasteiger partial charge in [0.15, 0.2) is 0 Å². The molecule has 0 bridgehead atoms. The predicted molar refractivity (Wildman–Crippen MR) is 117 cm³/mol. The van der Waals surface area contributed by atoms with E-state index in [9.17, 15) is 4.79 Å². The van der Waals surface area contributed by atoms with Crippen molar-refractivity contribution in [2.24, 2.45) is 0 Å². The van der Waals surface area contributed by atoms with Gasteiger partial charge in [0.25, 0.3) is 0 Å². The van der Waals surface area contributed by atoms with Crippen LogP contribution in [0.1, 0.15) is 28.8 Å². The second-order valence-corrected chi connectivity index (χ2v) is 7.17. The molecule has 0 aliphatic heterocycles. The molecule has 30 heavy (non-hydrogen) atoms. The van der Waals surface area contributed by atoms with E-state index >= 15 is 0 Å². The number of aromatic amines is 1.